The molecule has 0 atom stereocenters. The molecule has 0 aliphatic heterocycles. The molecule has 0 unspecified atom stereocenters. The minimum atomic E-state index is -0.107. The molecule has 0 fully saturated rings. The quantitative estimate of drug-likeness (QED) is 0.807. The lowest BCUT2D eigenvalue weighted by atomic mass is 10.2. The van der Waals surface area contributed by atoms with Gasteiger partial charge in [0.15, 0.2) is 0 Å². The van der Waals surface area contributed by atoms with Gasteiger partial charge in [-0.2, -0.15) is 5.10 Å². The lowest BCUT2D eigenvalue weighted by molar-refractivity contribution is 0.102. The third-order valence-electron chi connectivity index (χ3n) is 3.10. The lowest BCUT2D eigenvalue weighted by Crippen LogP contribution is -2.14. The van der Waals surface area contributed by atoms with Gasteiger partial charge in [-0.15, -0.1) is 11.3 Å². The number of thiophene rings is 1. The minimum absolute atomic E-state index is 0.107. The second-order valence-electron chi connectivity index (χ2n) is 4.64. The molecule has 6 heteroatoms. The van der Waals surface area contributed by atoms with Crippen LogP contribution in [0.3, 0.4) is 0 Å². The number of carbonyl (C=O) groups excluding carboxylic acids is 1. The molecule has 0 aliphatic rings. The van der Waals surface area contributed by atoms with E-state index in [1.54, 1.807) is 22.3 Å². The van der Waals surface area contributed by atoms with Gasteiger partial charge in [0.1, 0.15) is 12.7 Å². The molecule has 1 amide bonds. The first-order valence-electron chi connectivity index (χ1n) is 6.47. The number of para-hydroxylation sites is 2. The Labute approximate surface area is 126 Å². The lowest BCUT2D eigenvalue weighted by Gasteiger charge is -2.10. The zero-order valence-electron chi connectivity index (χ0n) is 11.7. The number of carbonyl (C=O) groups is 1. The average molecular weight is 298 g/mol. The van der Waals surface area contributed by atoms with E-state index in [0.717, 1.165) is 15.4 Å². The van der Waals surface area contributed by atoms with Crippen molar-refractivity contribution in [3.63, 3.8) is 0 Å². The van der Waals surface area contributed by atoms with E-state index < -0.39 is 0 Å². The maximum atomic E-state index is 12.4. The number of anilines is 1. The largest absolute Gasteiger partial charge is 0.320 e. The van der Waals surface area contributed by atoms with Crippen molar-refractivity contribution >= 4 is 22.9 Å². The van der Waals surface area contributed by atoms with Crippen LogP contribution in [0.15, 0.2) is 43.0 Å². The summed E-state index contributed by atoms with van der Waals surface area (Å²) in [5.41, 5.74) is 2.20. The molecule has 0 spiro atoms. The number of benzene rings is 1. The zero-order chi connectivity index (χ0) is 14.8. The fourth-order valence-corrected chi connectivity index (χ4v) is 3.08. The van der Waals surface area contributed by atoms with Gasteiger partial charge >= 0.3 is 0 Å². The topological polar surface area (TPSA) is 59.8 Å². The van der Waals surface area contributed by atoms with Gasteiger partial charge < -0.3 is 5.32 Å². The van der Waals surface area contributed by atoms with Gasteiger partial charge in [0, 0.05) is 9.75 Å². The Hall–Kier alpha value is -2.47. The Morgan fingerprint density at radius 1 is 1.29 bits per heavy atom. The second-order valence-corrected chi connectivity index (χ2v) is 6.10. The molecule has 106 valence electrons. The highest BCUT2D eigenvalue weighted by atomic mass is 32.1. The third kappa shape index (κ3) is 2.71. The monoisotopic (exact) mass is 298 g/mol. The summed E-state index contributed by atoms with van der Waals surface area (Å²) >= 11 is 1.62. The van der Waals surface area contributed by atoms with Crippen LogP contribution in [-0.2, 0) is 0 Å². The van der Waals surface area contributed by atoms with Gasteiger partial charge in [-0.25, -0.2) is 9.67 Å². The van der Waals surface area contributed by atoms with E-state index in [-0.39, 0.29) is 5.91 Å². The summed E-state index contributed by atoms with van der Waals surface area (Å²) in [7, 11) is 0. The Morgan fingerprint density at radius 3 is 2.76 bits per heavy atom. The van der Waals surface area contributed by atoms with Crippen LogP contribution >= 0.6 is 11.3 Å². The Kier molecular flexibility index (Phi) is 3.53. The molecule has 21 heavy (non-hydrogen) atoms. The summed E-state index contributed by atoms with van der Waals surface area (Å²) in [5, 5.41) is 7.05. The molecule has 0 saturated heterocycles. The smallest absolute Gasteiger partial charge is 0.256 e. The maximum absolute atomic E-state index is 12.4. The SMILES string of the molecule is Cc1cc(C(=O)Nc2ccccc2-n2cncn2)c(C)s1. The van der Waals surface area contributed by atoms with E-state index in [0.29, 0.717) is 11.3 Å². The summed E-state index contributed by atoms with van der Waals surface area (Å²) in [5.74, 6) is -0.107. The number of aryl methyl sites for hydroxylation is 2. The van der Waals surface area contributed by atoms with Crippen LogP contribution in [0.4, 0.5) is 5.69 Å². The predicted molar refractivity (Wildman–Crippen MR) is 83.1 cm³/mol. The third-order valence-corrected chi connectivity index (χ3v) is 4.07. The van der Waals surface area contributed by atoms with E-state index in [2.05, 4.69) is 15.4 Å². The molecule has 1 aromatic carbocycles. The van der Waals surface area contributed by atoms with Crippen molar-refractivity contribution < 1.29 is 4.79 Å². The van der Waals surface area contributed by atoms with Gasteiger partial charge in [-0.1, -0.05) is 12.1 Å². The molecule has 0 bridgehead atoms. The van der Waals surface area contributed by atoms with E-state index in [1.807, 2.05) is 44.2 Å². The molecule has 0 aliphatic carbocycles. The van der Waals surface area contributed by atoms with Crippen LogP contribution in [0.5, 0.6) is 0 Å². The molecule has 3 rings (SSSR count). The van der Waals surface area contributed by atoms with E-state index >= 15 is 0 Å². The van der Waals surface area contributed by atoms with Crippen molar-refractivity contribution in [1.82, 2.24) is 14.8 Å². The Bertz CT molecular complexity index is 777. The van der Waals surface area contributed by atoms with Crippen molar-refractivity contribution in [3.8, 4) is 5.69 Å². The zero-order valence-corrected chi connectivity index (χ0v) is 12.5. The summed E-state index contributed by atoms with van der Waals surface area (Å²) in [6, 6.07) is 9.42. The van der Waals surface area contributed by atoms with Crippen LogP contribution in [0.2, 0.25) is 0 Å². The fraction of sp³-hybridized carbons (Fsp3) is 0.133. The standard InChI is InChI=1S/C15H14N4OS/c1-10-7-12(11(2)21-10)15(20)18-13-5-3-4-6-14(13)19-9-16-8-17-19/h3-9H,1-2H3,(H,18,20). The van der Waals surface area contributed by atoms with E-state index in [1.165, 1.54) is 6.33 Å². The van der Waals surface area contributed by atoms with Crippen LogP contribution in [0.1, 0.15) is 20.1 Å². The van der Waals surface area contributed by atoms with Crippen molar-refractivity contribution in [2.24, 2.45) is 0 Å². The number of hydrogen-bond donors (Lipinski definition) is 1. The van der Waals surface area contributed by atoms with Gasteiger partial charge in [0.25, 0.3) is 5.91 Å². The fourth-order valence-electron chi connectivity index (χ4n) is 2.16. The van der Waals surface area contributed by atoms with Crippen molar-refractivity contribution in [2.45, 2.75) is 13.8 Å². The summed E-state index contributed by atoms with van der Waals surface area (Å²) in [6.45, 7) is 3.95. The molecule has 0 saturated carbocycles. The predicted octanol–water partition coefficient (Wildman–Crippen LogP) is 3.20. The van der Waals surface area contributed by atoms with Crippen molar-refractivity contribution in [1.29, 1.82) is 0 Å². The van der Waals surface area contributed by atoms with E-state index in [4.69, 9.17) is 0 Å². The van der Waals surface area contributed by atoms with Gasteiger partial charge in [-0.3, -0.25) is 4.79 Å². The van der Waals surface area contributed by atoms with Gasteiger partial charge in [0.05, 0.1) is 16.9 Å². The number of aromatic nitrogens is 3. The number of hydrogen-bond acceptors (Lipinski definition) is 4. The highest BCUT2D eigenvalue weighted by Gasteiger charge is 2.14. The molecular formula is C15H14N4OS. The molecule has 2 heterocycles. The Balaban J connectivity index is 1.92. The molecule has 2 aromatic heterocycles. The first-order chi connectivity index (χ1) is 10.1. The Morgan fingerprint density at radius 2 is 2.10 bits per heavy atom. The first kappa shape index (κ1) is 13.5. The summed E-state index contributed by atoms with van der Waals surface area (Å²) < 4.78 is 1.63. The maximum Gasteiger partial charge on any atom is 0.256 e. The van der Waals surface area contributed by atoms with Crippen LogP contribution < -0.4 is 5.32 Å². The summed E-state index contributed by atoms with van der Waals surface area (Å²) in [4.78, 5) is 18.5. The van der Waals surface area contributed by atoms with Crippen LogP contribution in [-0.4, -0.2) is 20.7 Å². The normalized spacial score (nSPS) is 10.6. The van der Waals surface area contributed by atoms with Crippen molar-refractivity contribution in [3.05, 3.63) is 58.3 Å². The van der Waals surface area contributed by atoms with Gasteiger partial charge in [-0.05, 0) is 32.0 Å². The summed E-state index contributed by atoms with van der Waals surface area (Å²) in [6.07, 6.45) is 3.07. The number of rotatable bonds is 3. The van der Waals surface area contributed by atoms with Crippen molar-refractivity contribution in [2.75, 3.05) is 5.32 Å². The van der Waals surface area contributed by atoms with Crippen LogP contribution in [0.25, 0.3) is 5.69 Å². The second kappa shape index (κ2) is 5.49. The van der Waals surface area contributed by atoms with Crippen LogP contribution in [0, 0.1) is 13.8 Å². The highest BCUT2D eigenvalue weighted by Crippen LogP contribution is 2.24. The van der Waals surface area contributed by atoms with Gasteiger partial charge in [0.2, 0.25) is 0 Å². The first-order valence-corrected chi connectivity index (χ1v) is 7.29. The minimum Gasteiger partial charge on any atom is -0.320 e. The number of nitrogens with zero attached hydrogens (tertiary/aromatic N) is 3. The number of nitrogens with one attached hydrogen (secondary N) is 1. The average Bonchev–Trinajstić information content (AvgIpc) is 3.09. The molecule has 5 nitrogen and oxygen atoms in total. The van der Waals surface area contributed by atoms with E-state index in [9.17, 15) is 4.79 Å². The highest BCUT2D eigenvalue weighted by molar-refractivity contribution is 7.12. The molecule has 0 radical (unpaired) electrons. The number of amides is 1. The molecule has 1 N–H and O–H groups in total. The molecule has 3 aromatic rings. The molecular weight excluding hydrogens is 284 g/mol.